The Kier molecular flexibility index (Phi) is 6.89. The minimum Gasteiger partial charge on any atom is -0.100 e. The minimum absolute atomic E-state index is 0.332. The van der Waals surface area contributed by atoms with Gasteiger partial charge in [-0.15, -0.1) is 7.92 Å². The fourth-order valence-electron chi connectivity index (χ4n) is 6.50. The average molecular weight is 337 g/mol. The van der Waals surface area contributed by atoms with E-state index in [9.17, 15) is 0 Å². The molecule has 0 aromatic carbocycles. The van der Waals surface area contributed by atoms with Crippen LogP contribution in [-0.2, 0) is 0 Å². The molecule has 0 heterocycles. The zero-order valence-corrected chi connectivity index (χ0v) is 16.9. The number of hydrogen-bond donors (Lipinski definition) is 0. The summed E-state index contributed by atoms with van der Waals surface area (Å²) in [4.78, 5) is 0. The summed E-state index contributed by atoms with van der Waals surface area (Å²) in [6.45, 7) is 4.71. The van der Waals surface area contributed by atoms with Gasteiger partial charge in [-0.05, 0) is 86.6 Å². The van der Waals surface area contributed by atoms with Gasteiger partial charge in [0.25, 0.3) is 0 Å². The molecule has 0 atom stereocenters. The molecule has 0 nitrogen and oxygen atoms in total. The van der Waals surface area contributed by atoms with Crippen LogP contribution in [0.3, 0.4) is 0 Å². The molecule has 0 aliphatic heterocycles. The molecule has 4 fully saturated rings. The molecule has 0 radical (unpaired) electrons. The Labute approximate surface area is 147 Å². The highest BCUT2D eigenvalue weighted by Crippen LogP contribution is 2.69. The van der Waals surface area contributed by atoms with Crippen LogP contribution in [0.4, 0.5) is 0 Å². The maximum absolute atomic E-state index is 2.35. The third-order valence-electron chi connectivity index (χ3n) is 7.24. The molecule has 0 aromatic rings. The monoisotopic (exact) mass is 336 g/mol. The van der Waals surface area contributed by atoms with Crippen molar-refractivity contribution in [1.82, 2.24) is 0 Å². The third kappa shape index (κ3) is 4.54. The van der Waals surface area contributed by atoms with Crippen molar-refractivity contribution in [3.8, 4) is 0 Å². The summed E-state index contributed by atoms with van der Waals surface area (Å²) in [6.07, 6.45) is 25.0. The van der Waals surface area contributed by atoms with Crippen molar-refractivity contribution >= 4 is 7.92 Å². The lowest BCUT2D eigenvalue weighted by Crippen LogP contribution is -2.49. The molecule has 0 N–H and O–H groups in total. The lowest BCUT2D eigenvalue weighted by atomic mass is 9.56. The molecular formula is C22H41P. The van der Waals surface area contributed by atoms with E-state index in [-0.39, 0.29) is 0 Å². The molecule has 0 unspecified atom stereocenters. The van der Waals surface area contributed by atoms with Gasteiger partial charge in [0.2, 0.25) is 0 Å². The quantitative estimate of drug-likeness (QED) is 0.269. The lowest BCUT2D eigenvalue weighted by molar-refractivity contribution is 0.0354. The van der Waals surface area contributed by atoms with Gasteiger partial charge in [-0.3, -0.25) is 0 Å². The van der Waals surface area contributed by atoms with E-state index in [1.165, 1.54) is 38.5 Å². The van der Waals surface area contributed by atoms with E-state index in [2.05, 4.69) is 13.8 Å². The standard InChI is InChI=1S/C22H41P/c1-3-5-7-9-11-23(12-10-8-6-4-2)22-16-19-13-20(17-22)15-21(14-19)18-22/h19-21H,3-18H2,1-2H3. The van der Waals surface area contributed by atoms with Crippen molar-refractivity contribution < 1.29 is 0 Å². The van der Waals surface area contributed by atoms with Crippen LogP contribution >= 0.6 is 7.92 Å². The Morgan fingerprint density at radius 1 is 0.652 bits per heavy atom. The van der Waals surface area contributed by atoms with E-state index >= 15 is 0 Å². The molecule has 0 saturated heterocycles. The van der Waals surface area contributed by atoms with Crippen molar-refractivity contribution in [2.24, 2.45) is 17.8 Å². The topological polar surface area (TPSA) is 0 Å². The second-order valence-corrected chi connectivity index (χ2v) is 12.2. The van der Waals surface area contributed by atoms with E-state index in [4.69, 9.17) is 0 Å². The van der Waals surface area contributed by atoms with Crippen molar-refractivity contribution in [3.63, 3.8) is 0 Å². The van der Waals surface area contributed by atoms with Crippen LogP contribution in [0.2, 0.25) is 0 Å². The molecule has 0 amide bonds. The largest absolute Gasteiger partial charge is 0.100 e. The van der Waals surface area contributed by atoms with Crippen LogP contribution in [0.1, 0.15) is 104 Å². The molecule has 23 heavy (non-hydrogen) atoms. The van der Waals surface area contributed by atoms with Crippen LogP contribution in [0.15, 0.2) is 0 Å². The first-order chi connectivity index (χ1) is 11.3. The van der Waals surface area contributed by atoms with Gasteiger partial charge >= 0.3 is 0 Å². The molecule has 4 aliphatic rings. The maximum atomic E-state index is 2.35. The molecule has 4 bridgehead atoms. The fourth-order valence-corrected chi connectivity index (χ4v) is 10.4. The second kappa shape index (κ2) is 8.69. The smallest absolute Gasteiger partial charge is 0.00865 e. The summed E-state index contributed by atoms with van der Waals surface area (Å²) in [6, 6.07) is 0. The Bertz CT molecular complexity index is 301. The summed E-state index contributed by atoms with van der Waals surface area (Å²) in [5, 5.41) is 0.877. The van der Waals surface area contributed by atoms with E-state index in [0.29, 0.717) is 7.92 Å². The molecule has 1 heteroatoms. The SMILES string of the molecule is CCCCCCP(CCCCCC)C12CC3CC(CC(C3)C1)C2. The van der Waals surface area contributed by atoms with E-state index < -0.39 is 0 Å². The Hall–Kier alpha value is 0.430. The predicted octanol–water partition coefficient (Wildman–Crippen LogP) is 7.60. The molecule has 134 valence electrons. The maximum Gasteiger partial charge on any atom is -0.00865 e. The van der Waals surface area contributed by atoms with Gasteiger partial charge in [-0.1, -0.05) is 52.4 Å². The van der Waals surface area contributed by atoms with Gasteiger partial charge < -0.3 is 0 Å². The molecule has 4 aliphatic carbocycles. The lowest BCUT2D eigenvalue weighted by Gasteiger charge is -2.60. The summed E-state index contributed by atoms with van der Waals surface area (Å²) >= 11 is 0. The van der Waals surface area contributed by atoms with Gasteiger partial charge in [0, 0.05) is 0 Å². The summed E-state index contributed by atoms with van der Waals surface area (Å²) < 4.78 is 0. The van der Waals surface area contributed by atoms with Gasteiger partial charge in [-0.25, -0.2) is 0 Å². The van der Waals surface area contributed by atoms with E-state index in [0.717, 1.165) is 22.9 Å². The number of rotatable bonds is 11. The average Bonchev–Trinajstić information content (AvgIpc) is 2.52. The summed E-state index contributed by atoms with van der Waals surface area (Å²) in [5.41, 5.74) is 0. The normalized spacial score (nSPS) is 35.3. The van der Waals surface area contributed by atoms with Gasteiger partial charge in [-0.2, -0.15) is 0 Å². The highest BCUT2D eigenvalue weighted by Gasteiger charge is 2.53. The first-order valence-corrected chi connectivity index (χ1v) is 12.7. The minimum atomic E-state index is 0.332. The van der Waals surface area contributed by atoms with Crippen LogP contribution in [-0.4, -0.2) is 17.5 Å². The van der Waals surface area contributed by atoms with Crippen LogP contribution in [0.5, 0.6) is 0 Å². The Balaban J connectivity index is 1.59. The Morgan fingerprint density at radius 2 is 1.09 bits per heavy atom. The van der Waals surface area contributed by atoms with Crippen LogP contribution in [0, 0.1) is 17.8 Å². The molecule has 4 rings (SSSR count). The van der Waals surface area contributed by atoms with Gasteiger partial charge in [0.15, 0.2) is 0 Å². The molecule has 0 spiro atoms. The van der Waals surface area contributed by atoms with Crippen molar-refractivity contribution in [2.45, 2.75) is 109 Å². The van der Waals surface area contributed by atoms with Crippen LogP contribution < -0.4 is 0 Å². The Morgan fingerprint density at radius 3 is 1.48 bits per heavy atom. The highest BCUT2D eigenvalue weighted by molar-refractivity contribution is 7.59. The first kappa shape index (κ1) is 18.2. The van der Waals surface area contributed by atoms with E-state index in [1.807, 2.05) is 0 Å². The number of unbranched alkanes of at least 4 members (excludes halogenated alkanes) is 6. The van der Waals surface area contributed by atoms with Crippen molar-refractivity contribution in [1.29, 1.82) is 0 Å². The van der Waals surface area contributed by atoms with Gasteiger partial charge in [0.05, 0.1) is 0 Å². The zero-order chi connectivity index (χ0) is 16.1. The third-order valence-corrected chi connectivity index (χ3v) is 10.8. The zero-order valence-electron chi connectivity index (χ0n) is 16.0. The molecular weight excluding hydrogens is 295 g/mol. The van der Waals surface area contributed by atoms with Crippen molar-refractivity contribution in [3.05, 3.63) is 0 Å². The van der Waals surface area contributed by atoms with Gasteiger partial charge in [0.1, 0.15) is 0 Å². The van der Waals surface area contributed by atoms with E-state index in [1.54, 1.807) is 63.7 Å². The number of hydrogen-bond acceptors (Lipinski definition) is 0. The molecule has 0 aromatic heterocycles. The fraction of sp³-hybridized carbons (Fsp3) is 1.00. The predicted molar refractivity (Wildman–Crippen MR) is 106 cm³/mol. The van der Waals surface area contributed by atoms with Crippen molar-refractivity contribution in [2.75, 3.05) is 12.3 Å². The highest BCUT2D eigenvalue weighted by atomic mass is 31.1. The summed E-state index contributed by atoms with van der Waals surface area (Å²) in [5.74, 6) is 3.45. The second-order valence-electron chi connectivity index (χ2n) is 9.25. The first-order valence-electron chi connectivity index (χ1n) is 11.0. The summed E-state index contributed by atoms with van der Waals surface area (Å²) in [7, 11) is 0.332. The van der Waals surface area contributed by atoms with Crippen LogP contribution in [0.25, 0.3) is 0 Å². The molecule has 4 saturated carbocycles.